The van der Waals surface area contributed by atoms with Gasteiger partial charge in [-0.3, -0.25) is 19.2 Å². The number of ether oxygens (including phenoxy) is 1. The van der Waals surface area contributed by atoms with Crippen LogP contribution >= 0.6 is 0 Å². The quantitative estimate of drug-likeness (QED) is 0.487. The minimum Gasteiger partial charge on any atom is -0.481 e. The molecular formula is C18H28O7. The highest BCUT2D eigenvalue weighted by Crippen LogP contribution is 2.37. The van der Waals surface area contributed by atoms with Crippen LogP contribution in [0.15, 0.2) is 0 Å². The molecule has 142 valence electrons. The average molecular weight is 356 g/mol. The lowest BCUT2D eigenvalue weighted by Crippen LogP contribution is -2.24. The zero-order valence-corrected chi connectivity index (χ0v) is 14.7. The minimum atomic E-state index is -0.930. The average Bonchev–Trinajstić information content (AvgIpc) is 2.82. The number of unbranched alkanes of at least 4 members (excludes halogenated alkanes) is 1. The lowest BCUT2D eigenvalue weighted by atomic mass is 9.85. The molecule has 3 atom stereocenters. The van der Waals surface area contributed by atoms with Gasteiger partial charge in [-0.15, -0.1) is 0 Å². The molecule has 0 aromatic carbocycles. The van der Waals surface area contributed by atoms with Crippen LogP contribution in [0.2, 0.25) is 0 Å². The summed E-state index contributed by atoms with van der Waals surface area (Å²) in [6.45, 7) is 2.32. The number of carbonyl (C=O) groups excluding carboxylic acids is 2. The van der Waals surface area contributed by atoms with Crippen LogP contribution in [0.1, 0.15) is 64.7 Å². The Morgan fingerprint density at radius 1 is 1.00 bits per heavy atom. The molecule has 0 aromatic heterocycles. The van der Waals surface area contributed by atoms with E-state index in [1.807, 2.05) is 6.92 Å². The maximum Gasteiger partial charge on any atom is 0.303 e. The summed E-state index contributed by atoms with van der Waals surface area (Å²) in [6.07, 6.45) is 2.53. The van der Waals surface area contributed by atoms with E-state index in [1.54, 1.807) is 0 Å². The van der Waals surface area contributed by atoms with E-state index in [2.05, 4.69) is 0 Å². The Labute approximate surface area is 147 Å². The molecule has 0 saturated heterocycles. The largest absolute Gasteiger partial charge is 0.481 e. The maximum atomic E-state index is 12.2. The number of carboxylic acid groups (broad SMARTS) is 2. The van der Waals surface area contributed by atoms with Gasteiger partial charge in [0.1, 0.15) is 11.6 Å². The summed E-state index contributed by atoms with van der Waals surface area (Å²) in [4.78, 5) is 45.4. The zero-order valence-electron chi connectivity index (χ0n) is 14.7. The molecule has 1 fully saturated rings. The first-order valence-corrected chi connectivity index (χ1v) is 8.94. The molecule has 0 aliphatic heterocycles. The lowest BCUT2D eigenvalue weighted by Gasteiger charge is -2.23. The fourth-order valence-corrected chi connectivity index (χ4v) is 3.49. The van der Waals surface area contributed by atoms with Crippen LogP contribution in [0.4, 0.5) is 0 Å². The molecular weight excluding hydrogens is 328 g/mol. The molecule has 1 saturated carbocycles. The van der Waals surface area contributed by atoms with Crippen molar-refractivity contribution in [2.24, 2.45) is 11.8 Å². The number of rotatable bonds is 13. The second-order valence-corrected chi connectivity index (χ2v) is 6.55. The number of ketones is 2. The molecule has 2 N–H and O–H groups in total. The predicted molar refractivity (Wildman–Crippen MR) is 89.2 cm³/mol. The minimum absolute atomic E-state index is 0.0265. The number of hydrogen-bond donors (Lipinski definition) is 2. The van der Waals surface area contributed by atoms with Gasteiger partial charge in [0.2, 0.25) is 0 Å². The first-order chi connectivity index (χ1) is 11.8. The van der Waals surface area contributed by atoms with Crippen molar-refractivity contribution in [3.8, 4) is 0 Å². The molecule has 25 heavy (non-hydrogen) atoms. The molecule has 0 heterocycles. The molecule has 1 aliphatic rings. The highest BCUT2D eigenvalue weighted by atomic mass is 16.5. The topological polar surface area (TPSA) is 118 Å². The van der Waals surface area contributed by atoms with Gasteiger partial charge in [-0.1, -0.05) is 0 Å². The standard InChI is InChI=1S/C18H28O7/c1-2-25-16-11-15(20)13(9-10-18(23)24)14(16)8-7-12(19)5-3-4-6-17(21)22/h13-14,16H,2-11H2,1H3,(H,21,22)(H,23,24)/t13-,14?,16-/m1/s1. The normalized spacial score (nSPS) is 22.9. The van der Waals surface area contributed by atoms with Gasteiger partial charge in [0.25, 0.3) is 0 Å². The van der Waals surface area contributed by atoms with Crippen molar-refractivity contribution >= 4 is 23.5 Å². The summed E-state index contributed by atoms with van der Waals surface area (Å²) >= 11 is 0. The van der Waals surface area contributed by atoms with E-state index >= 15 is 0 Å². The van der Waals surface area contributed by atoms with Crippen molar-refractivity contribution in [1.29, 1.82) is 0 Å². The van der Waals surface area contributed by atoms with E-state index in [0.29, 0.717) is 38.7 Å². The Bertz CT molecular complexity index is 486. The molecule has 1 unspecified atom stereocenters. The molecule has 1 aliphatic carbocycles. The zero-order chi connectivity index (χ0) is 18.8. The Morgan fingerprint density at radius 2 is 1.64 bits per heavy atom. The van der Waals surface area contributed by atoms with Crippen molar-refractivity contribution in [2.45, 2.75) is 70.8 Å². The van der Waals surface area contributed by atoms with E-state index in [0.717, 1.165) is 0 Å². The highest BCUT2D eigenvalue weighted by molar-refractivity contribution is 5.85. The molecule has 0 amide bonds. The number of Topliss-reactive ketones (excluding diaryl/α,β-unsaturated/α-hetero) is 2. The van der Waals surface area contributed by atoms with Gasteiger partial charge in [0.05, 0.1) is 6.10 Å². The Balaban J connectivity index is 2.50. The summed E-state index contributed by atoms with van der Waals surface area (Å²) in [5, 5.41) is 17.4. The monoisotopic (exact) mass is 356 g/mol. The smallest absolute Gasteiger partial charge is 0.303 e. The Morgan fingerprint density at radius 3 is 2.24 bits per heavy atom. The van der Waals surface area contributed by atoms with Crippen LogP contribution < -0.4 is 0 Å². The SMILES string of the molecule is CCO[C@@H]1CC(=O)[C@H](CCC(=O)O)C1CCC(=O)CCCCC(=O)O. The number of aliphatic carboxylic acids is 2. The third-order valence-electron chi connectivity index (χ3n) is 4.71. The molecule has 0 aromatic rings. The Kier molecular flexibility index (Phi) is 9.34. The van der Waals surface area contributed by atoms with Crippen LogP contribution in [0.3, 0.4) is 0 Å². The van der Waals surface area contributed by atoms with Gasteiger partial charge in [-0.25, -0.2) is 0 Å². The van der Waals surface area contributed by atoms with Crippen molar-refractivity contribution in [3.63, 3.8) is 0 Å². The Hall–Kier alpha value is -1.76. The second-order valence-electron chi connectivity index (χ2n) is 6.55. The van der Waals surface area contributed by atoms with Crippen LogP contribution in [0.25, 0.3) is 0 Å². The molecule has 0 radical (unpaired) electrons. The summed E-state index contributed by atoms with van der Waals surface area (Å²) in [7, 11) is 0. The van der Waals surface area contributed by atoms with Crippen LogP contribution in [-0.2, 0) is 23.9 Å². The third-order valence-corrected chi connectivity index (χ3v) is 4.71. The lowest BCUT2D eigenvalue weighted by molar-refractivity contribution is -0.138. The first kappa shape index (κ1) is 21.3. The van der Waals surface area contributed by atoms with E-state index in [4.69, 9.17) is 14.9 Å². The van der Waals surface area contributed by atoms with Gasteiger partial charge in [0, 0.05) is 44.6 Å². The highest BCUT2D eigenvalue weighted by Gasteiger charge is 2.42. The number of carbonyl (C=O) groups is 4. The van der Waals surface area contributed by atoms with E-state index in [-0.39, 0.29) is 55.2 Å². The van der Waals surface area contributed by atoms with E-state index < -0.39 is 11.9 Å². The summed E-state index contributed by atoms with van der Waals surface area (Å²) in [5.41, 5.74) is 0. The van der Waals surface area contributed by atoms with Gasteiger partial charge in [-0.05, 0) is 38.5 Å². The fraction of sp³-hybridized carbons (Fsp3) is 0.778. The van der Waals surface area contributed by atoms with Gasteiger partial charge >= 0.3 is 11.9 Å². The number of hydrogen-bond acceptors (Lipinski definition) is 5. The predicted octanol–water partition coefficient (Wildman–Crippen LogP) is 2.46. The fourth-order valence-electron chi connectivity index (χ4n) is 3.49. The molecule has 0 bridgehead atoms. The van der Waals surface area contributed by atoms with Crippen molar-refractivity contribution in [1.82, 2.24) is 0 Å². The molecule has 0 spiro atoms. The van der Waals surface area contributed by atoms with Crippen LogP contribution in [0.5, 0.6) is 0 Å². The second kappa shape index (κ2) is 11.0. The van der Waals surface area contributed by atoms with Gasteiger partial charge in [-0.2, -0.15) is 0 Å². The molecule has 7 nitrogen and oxygen atoms in total. The molecule has 1 rings (SSSR count). The van der Waals surface area contributed by atoms with Crippen molar-refractivity contribution < 1.29 is 34.1 Å². The summed E-state index contributed by atoms with van der Waals surface area (Å²) < 4.78 is 5.64. The maximum absolute atomic E-state index is 12.2. The van der Waals surface area contributed by atoms with E-state index in [9.17, 15) is 19.2 Å². The van der Waals surface area contributed by atoms with Crippen molar-refractivity contribution in [3.05, 3.63) is 0 Å². The van der Waals surface area contributed by atoms with Gasteiger partial charge < -0.3 is 14.9 Å². The van der Waals surface area contributed by atoms with E-state index in [1.165, 1.54) is 0 Å². The van der Waals surface area contributed by atoms with Gasteiger partial charge in [0.15, 0.2) is 0 Å². The number of carboxylic acids is 2. The summed E-state index contributed by atoms with van der Waals surface area (Å²) in [5.74, 6) is -2.18. The van der Waals surface area contributed by atoms with Crippen LogP contribution in [-0.4, -0.2) is 46.4 Å². The first-order valence-electron chi connectivity index (χ1n) is 8.94. The summed E-state index contributed by atoms with van der Waals surface area (Å²) in [6, 6.07) is 0. The third kappa shape index (κ3) is 7.77. The van der Waals surface area contributed by atoms with Crippen molar-refractivity contribution in [2.75, 3.05) is 6.61 Å². The molecule has 7 heteroatoms. The van der Waals surface area contributed by atoms with Crippen LogP contribution in [0, 0.1) is 11.8 Å².